The van der Waals surface area contributed by atoms with Gasteiger partial charge in [-0.15, -0.1) is 0 Å². The number of alkyl halides is 3. The molecule has 0 amide bonds. The minimum Gasteiger partial charge on any atom is -0.493 e. The molecule has 0 fully saturated rings. The molecule has 0 aliphatic heterocycles. The Bertz CT molecular complexity index is 593. The van der Waals surface area contributed by atoms with Crippen molar-refractivity contribution in [1.29, 1.82) is 0 Å². The van der Waals surface area contributed by atoms with E-state index in [9.17, 15) is 13.2 Å². The predicted octanol–water partition coefficient (Wildman–Crippen LogP) is 2.64. The van der Waals surface area contributed by atoms with Crippen molar-refractivity contribution in [2.45, 2.75) is 12.6 Å². The molecule has 2 rings (SSSR count). The van der Waals surface area contributed by atoms with Gasteiger partial charge < -0.3 is 10.5 Å². The predicted molar refractivity (Wildman–Crippen MR) is 68.3 cm³/mol. The van der Waals surface area contributed by atoms with Crippen molar-refractivity contribution in [2.24, 2.45) is 7.05 Å². The number of hydrogen-bond acceptors (Lipinski definition) is 3. The Morgan fingerprint density at radius 1 is 1.30 bits per heavy atom. The fourth-order valence-electron chi connectivity index (χ4n) is 1.81. The van der Waals surface area contributed by atoms with E-state index in [1.807, 2.05) is 0 Å². The second-order valence-corrected chi connectivity index (χ2v) is 4.30. The number of aryl methyl sites for hydroxylation is 1. The van der Waals surface area contributed by atoms with Gasteiger partial charge in [0.05, 0.1) is 12.2 Å². The summed E-state index contributed by atoms with van der Waals surface area (Å²) < 4.78 is 45.4. The first-order valence-corrected chi connectivity index (χ1v) is 5.94. The lowest BCUT2D eigenvalue weighted by Gasteiger charge is -2.14. The molecule has 0 aliphatic rings. The molecule has 0 bridgehead atoms. The first-order valence-electron chi connectivity index (χ1n) is 5.94. The molecule has 2 aromatic rings. The second kappa shape index (κ2) is 5.44. The summed E-state index contributed by atoms with van der Waals surface area (Å²) in [5, 5.41) is 3.98. The number of hydrogen-bond donors (Lipinski definition) is 1. The number of ether oxygens (including phenoxy) is 1. The van der Waals surface area contributed by atoms with Crippen LogP contribution in [0.3, 0.4) is 0 Å². The Kier molecular flexibility index (Phi) is 3.87. The smallest absolute Gasteiger partial charge is 0.420 e. The minimum atomic E-state index is -4.49. The van der Waals surface area contributed by atoms with E-state index in [1.165, 1.54) is 12.1 Å². The lowest BCUT2D eigenvalue weighted by Crippen LogP contribution is -2.12. The third-order valence-electron chi connectivity index (χ3n) is 2.85. The summed E-state index contributed by atoms with van der Waals surface area (Å²) in [6.45, 7) is 0.131. The van der Waals surface area contributed by atoms with Crippen LogP contribution in [0.4, 0.5) is 18.9 Å². The highest BCUT2D eigenvalue weighted by Crippen LogP contribution is 2.37. The van der Waals surface area contributed by atoms with Crippen molar-refractivity contribution in [3.8, 4) is 5.75 Å². The molecule has 4 nitrogen and oxygen atoms in total. The highest BCUT2D eigenvalue weighted by atomic mass is 19.4. The molecule has 0 radical (unpaired) electrons. The van der Waals surface area contributed by atoms with Crippen LogP contribution in [0.25, 0.3) is 0 Å². The summed E-state index contributed by atoms with van der Waals surface area (Å²) in [5.41, 5.74) is 5.46. The van der Waals surface area contributed by atoms with Crippen LogP contribution in [-0.2, 0) is 19.6 Å². The van der Waals surface area contributed by atoms with Crippen LogP contribution in [0.15, 0.2) is 30.5 Å². The molecule has 0 atom stereocenters. The van der Waals surface area contributed by atoms with Gasteiger partial charge in [-0.05, 0) is 24.3 Å². The average molecular weight is 285 g/mol. The number of aromatic nitrogens is 2. The fourth-order valence-corrected chi connectivity index (χ4v) is 1.81. The van der Waals surface area contributed by atoms with Crippen LogP contribution in [-0.4, -0.2) is 16.4 Å². The van der Waals surface area contributed by atoms with Gasteiger partial charge in [-0.1, -0.05) is 0 Å². The largest absolute Gasteiger partial charge is 0.493 e. The standard InChI is InChI=1S/C13H14F3N3O/c1-19-10(4-6-18-19)5-7-20-12-3-2-9(17)8-11(12)13(14,15)16/h2-4,6,8H,5,7,17H2,1H3. The Balaban J connectivity index is 2.08. The lowest BCUT2D eigenvalue weighted by molar-refractivity contribution is -0.138. The Hall–Kier alpha value is -2.18. The monoisotopic (exact) mass is 285 g/mol. The molecule has 0 saturated heterocycles. The van der Waals surface area contributed by atoms with Gasteiger partial charge in [0.15, 0.2) is 0 Å². The maximum atomic E-state index is 12.8. The van der Waals surface area contributed by atoms with Crippen LogP contribution >= 0.6 is 0 Å². The van der Waals surface area contributed by atoms with E-state index in [1.54, 1.807) is 24.0 Å². The number of rotatable bonds is 4. The third-order valence-corrected chi connectivity index (χ3v) is 2.85. The van der Waals surface area contributed by atoms with E-state index in [-0.39, 0.29) is 18.0 Å². The van der Waals surface area contributed by atoms with Gasteiger partial charge in [0.25, 0.3) is 0 Å². The quantitative estimate of drug-likeness (QED) is 0.879. The van der Waals surface area contributed by atoms with E-state index in [4.69, 9.17) is 10.5 Å². The Morgan fingerprint density at radius 3 is 2.65 bits per heavy atom. The molecule has 2 N–H and O–H groups in total. The first-order chi connectivity index (χ1) is 9.38. The Morgan fingerprint density at radius 2 is 2.05 bits per heavy atom. The normalized spacial score (nSPS) is 11.6. The molecule has 108 valence electrons. The van der Waals surface area contributed by atoms with Gasteiger partial charge in [-0.3, -0.25) is 4.68 Å². The number of benzene rings is 1. The number of halogens is 3. The summed E-state index contributed by atoms with van der Waals surface area (Å²) in [6.07, 6.45) is -2.39. The van der Waals surface area contributed by atoms with Gasteiger partial charge in [0.2, 0.25) is 0 Å². The van der Waals surface area contributed by atoms with Crippen LogP contribution in [0, 0.1) is 0 Å². The van der Waals surface area contributed by atoms with E-state index < -0.39 is 11.7 Å². The lowest BCUT2D eigenvalue weighted by atomic mass is 10.1. The second-order valence-electron chi connectivity index (χ2n) is 4.30. The molecule has 1 heterocycles. The number of nitrogens with two attached hydrogens (primary N) is 1. The van der Waals surface area contributed by atoms with E-state index in [2.05, 4.69) is 5.10 Å². The van der Waals surface area contributed by atoms with Crippen LogP contribution in [0.5, 0.6) is 5.75 Å². The molecule has 7 heteroatoms. The zero-order valence-corrected chi connectivity index (χ0v) is 10.8. The Labute approximate surface area is 114 Å². The van der Waals surface area contributed by atoms with Gasteiger partial charge in [-0.25, -0.2) is 0 Å². The maximum Gasteiger partial charge on any atom is 0.420 e. The van der Waals surface area contributed by atoms with Crippen LogP contribution in [0.2, 0.25) is 0 Å². The average Bonchev–Trinajstić information content (AvgIpc) is 2.76. The molecular formula is C13H14F3N3O. The van der Waals surface area contributed by atoms with E-state index in [0.29, 0.717) is 6.42 Å². The highest BCUT2D eigenvalue weighted by molar-refractivity contribution is 5.49. The van der Waals surface area contributed by atoms with Crippen molar-refractivity contribution >= 4 is 5.69 Å². The fraction of sp³-hybridized carbons (Fsp3) is 0.308. The first kappa shape index (κ1) is 14.2. The zero-order valence-electron chi connectivity index (χ0n) is 10.8. The summed E-state index contributed by atoms with van der Waals surface area (Å²) in [6, 6.07) is 5.28. The molecule has 1 aromatic heterocycles. The van der Waals surface area contributed by atoms with Gasteiger partial charge in [-0.2, -0.15) is 18.3 Å². The van der Waals surface area contributed by atoms with Gasteiger partial charge in [0.1, 0.15) is 5.75 Å². The number of nitrogen functional groups attached to an aromatic ring is 1. The van der Waals surface area contributed by atoms with Crippen LogP contribution < -0.4 is 10.5 Å². The summed E-state index contributed by atoms with van der Waals surface area (Å²) in [4.78, 5) is 0. The topological polar surface area (TPSA) is 53.1 Å². The summed E-state index contributed by atoms with van der Waals surface area (Å²) >= 11 is 0. The van der Waals surface area contributed by atoms with E-state index >= 15 is 0 Å². The van der Waals surface area contributed by atoms with Crippen molar-refractivity contribution in [3.05, 3.63) is 41.7 Å². The molecule has 0 saturated carbocycles. The summed E-state index contributed by atoms with van der Waals surface area (Å²) in [7, 11) is 1.76. The molecule has 0 aliphatic carbocycles. The van der Waals surface area contributed by atoms with Crippen molar-refractivity contribution in [2.75, 3.05) is 12.3 Å². The van der Waals surface area contributed by atoms with Crippen LogP contribution in [0.1, 0.15) is 11.3 Å². The van der Waals surface area contributed by atoms with Crippen molar-refractivity contribution in [1.82, 2.24) is 9.78 Å². The van der Waals surface area contributed by atoms with E-state index in [0.717, 1.165) is 11.8 Å². The maximum absolute atomic E-state index is 12.8. The summed E-state index contributed by atoms with van der Waals surface area (Å²) in [5.74, 6) is -0.214. The van der Waals surface area contributed by atoms with Gasteiger partial charge >= 0.3 is 6.18 Å². The highest BCUT2D eigenvalue weighted by Gasteiger charge is 2.34. The van der Waals surface area contributed by atoms with Crippen molar-refractivity contribution < 1.29 is 17.9 Å². The van der Waals surface area contributed by atoms with Gasteiger partial charge in [0, 0.05) is 31.0 Å². The molecule has 0 unspecified atom stereocenters. The minimum absolute atomic E-state index is 0.0521. The number of anilines is 1. The van der Waals surface area contributed by atoms with Crippen molar-refractivity contribution in [3.63, 3.8) is 0 Å². The zero-order chi connectivity index (χ0) is 14.8. The molecular weight excluding hydrogens is 271 g/mol. The molecule has 20 heavy (non-hydrogen) atoms. The number of nitrogens with zero attached hydrogens (tertiary/aromatic N) is 2. The SMILES string of the molecule is Cn1nccc1CCOc1ccc(N)cc1C(F)(F)F. The molecule has 0 spiro atoms. The molecule has 1 aromatic carbocycles. The third kappa shape index (κ3) is 3.23.